The molecule has 3 heteroatoms. The van der Waals surface area contributed by atoms with Crippen LogP contribution in [0.1, 0.15) is 120 Å². The van der Waals surface area contributed by atoms with Gasteiger partial charge in [-0.15, -0.1) is 0 Å². The minimum Gasteiger partial charge on any atom is -0.206 e. The van der Waals surface area contributed by atoms with Gasteiger partial charge in [0.05, 0.1) is 6.61 Å². The van der Waals surface area contributed by atoms with Crippen molar-refractivity contribution in [1.29, 1.82) is 0 Å². The highest BCUT2D eigenvalue weighted by atomic mass is 17.5. The van der Waals surface area contributed by atoms with Crippen molar-refractivity contribution in [3.63, 3.8) is 0 Å². The van der Waals surface area contributed by atoms with Crippen molar-refractivity contribution in [3.8, 4) is 0 Å². The molecule has 0 N–H and O–H groups in total. The third-order valence-electron chi connectivity index (χ3n) is 16.6. The van der Waals surface area contributed by atoms with Gasteiger partial charge in [-0.3, -0.25) is 0 Å². The van der Waals surface area contributed by atoms with Gasteiger partial charge in [-0.05, 0) is 115 Å². The zero-order valence-corrected chi connectivity index (χ0v) is 24.8. The molecule has 0 aromatic carbocycles. The molecule has 1 heterocycles. The fraction of sp³-hybridized carbons (Fsp3) is 1.00. The fourth-order valence-corrected chi connectivity index (χ4v) is 14.4. The van der Waals surface area contributed by atoms with Gasteiger partial charge in [0.25, 0.3) is 0 Å². The van der Waals surface area contributed by atoms with Gasteiger partial charge >= 0.3 is 0 Å². The first-order chi connectivity index (χ1) is 16.8. The molecule has 0 amide bonds. The van der Waals surface area contributed by atoms with E-state index >= 15 is 0 Å². The van der Waals surface area contributed by atoms with Crippen molar-refractivity contribution < 1.29 is 14.8 Å². The van der Waals surface area contributed by atoms with E-state index in [4.69, 9.17) is 14.8 Å². The van der Waals surface area contributed by atoms with Gasteiger partial charge in [-0.25, -0.2) is 4.89 Å². The molecular weight excluding hydrogens is 444 g/mol. The Labute approximate surface area is 221 Å². The molecule has 1 aliphatic heterocycles. The lowest BCUT2D eigenvalue weighted by atomic mass is 9.19. The van der Waals surface area contributed by atoms with E-state index in [9.17, 15) is 0 Å². The first-order valence-corrected chi connectivity index (χ1v) is 15.8. The van der Waals surface area contributed by atoms with Crippen LogP contribution in [-0.4, -0.2) is 12.2 Å². The van der Waals surface area contributed by atoms with Crippen LogP contribution < -0.4 is 0 Å². The quantitative estimate of drug-likeness (QED) is 0.364. The molecule has 3 nitrogen and oxygen atoms in total. The van der Waals surface area contributed by atoms with Gasteiger partial charge in [0.15, 0.2) is 0 Å². The van der Waals surface area contributed by atoms with Gasteiger partial charge in [-0.1, -0.05) is 67.4 Å². The van der Waals surface area contributed by atoms with E-state index < -0.39 is 0 Å². The second-order valence-corrected chi connectivity index (χ2v) is 17.0. The molecule has 36 heavy (non-hydrogen) atoms. The maximum atomic E-state index is 7.21. The first-order valence-electron chi connectivity index (χ1n) is 15.8. The van der Waals surface area contributed by atoms with E-state index in [1.165, 1.54) is 57.8 Å². The van der Waals surface area contributed by atoms with Gasteiger partial charge in [0.1, 0.15) is 5.60 Å². The van der Waals surface area contributed by atoms with Crippen molar-refractivity contribution >= 4 is 0 Å². The Kier molecular flexibility index (Phi) is 4.81. The molecule has 0 radical (unpaired) electrons. The molecule has 204 valence electrons. The van der Waals surface area contributed by atoms with E-state index in [2.05, 4.69) is 62.3 Å². The lowest BCUT2D eigenvalue weighted by Gasteiger charge is -2.87. The predicted molar refractivity (Wildman–Crippen MR) is 142 cm³/mol. The van der Waals surface area contributed by atoms with Crippen LogP contribution in [0.4, 0.5) is 0 Å². The summed E-state index contributed by atoms with van der Waals surface area (Å²) < 4.78 is 0. The normalized spacial score (nSPS) is 59.8. The van der Waals surface area contributed by atoms with Gasteiger partial charge in [-0.2, -0.15) is 4.89 Å². The summed E-state index contributed by atoms with van der Waals surface area (Å²) in [6.07, 6.45) is 12.2. The average Bonchev–Trinajstić information content (AvgIpc) is 2.83. The molecule has 9 saturated carbocycles. The van der Waals surface area contributed by atoms with Crippen molar-refractivity contribution in [3.05, 3.63) is 0 Å². The van der Waals surface area contributed by atoms with Crippen LogP contribution in [0.3, 0.4) is 0 Å². The summed E-state index contributed by atoms with van der Waals surface area (Å²) in [7, 11) is 0. The number of fused-ring (bicyclic) bond motifs is 6. The molecule has 0 aromatic rings. The highest BCUT2D eigenvalue weighted by Crippen LogP contribution is 2.88. The van der Waals surface area contributed by atoms with E-state index in [1.807, 2.05) is 0 Å². The molecule has 6 bridgehead atoms. The van der Waals surface area contributed by atoms with Crippen LogP contribution in [0.25, 0.3) is 0 Å². The second-order valence-electron chi connectivity index (χ2n) is 17.0. The van der Waals surface area contributed by atoms with Gasteiger partial charge in [0.2, 0.25) is 0 Å². The van der Waals surface area contributed by atoms with Crippen molar-refractivity contribution in [2.45, 2.75) is 126 Å². The Balaban J connectivity index is 1.53. The molecule has 10 rings (SSSR count). The Morgan fingerprint density at radius 3 is 1.44 bits per heavy atom. The largest absolute Gasteiger partial charge is 0.206 e. The molecule has 10 fully saturated rings. The number of rotatable bonds is 3. The molecule has 0 aromatic heterocycles. The standard InChI is InChI=1S/C33H54O3/c1-20-10-13-23-16-30(20,27(23,4)5)26-19-34-36-35-33(26,31-17-24(28(31,6)7)14-11-21(31)2)32-18-25(29(32,8)9)15-12-22(32)3/h20-26H,10-19H2,1-9H3. The fourth-order valence-electron chi connectivity index (χ4n) is 14.4. The Hall–Kier alpha value is -0.120. The highest BCUT2D eigenvalue weighted by molar-refractivity contribution is 5.35. The Bertz CT molecular complexity index is 907. The summed E-state index contributed by atoms with van der Waals surface area (Å²) in [5.41, 5.74) is 1.09. The van der Waals surface area contributed by atoms with Crippen LogP contribution in [0.15, 0.2) is 0 Å². The molecule has 9 aliphatic carbocycles. The minimum atomic E-state index is -0.300. The third kappa shape index (κ3) is 2.14. The van der Waals surface area contributed by atoms with Crippen molar-refractivity contribution in [2.75, 3.05) is 6.61 Å². The van der Waals surface area contributed by atoms with E-state index in [-0.39, 0.29) is 32.7 Å². The minimum absolute atomic E-state index is 0.137. The maximum absolute atomic E-state index is 7.21. The van der Waals surface area contributed by atoms with E-state index in [0.29, 0.717) is 35.7 Å². The smallest absolute Gasteiger partial charge is 0.125 e. The van der Waals surface area contributed by atoms with Crippen LogP contribution in [0, 0.1) is 73.9 Å². The molecule has 10 aliphatic rings. The van der Waals surface area contributed by atoms with Crippen molar-refractivity contribution in [2.24, 2.45) is 73.9 Å². The molecule has 10 atom stereocenters. The number of hydrogen-bond acceptors (Lipinski definition) is 3. The highest BCUT2D eigenvalue weighted by Gasteiger charge is 2.89. The van der Waals surface area contributed by atoms with Crippen LogP contribution in [0.5, 0.6) is 0 Å². The van der Waals surface area contributed by atoms with Crippen LogP contribution >= 0.6 is 0 Å². The summed E-state index contributed by atoms with van der Waals surface area (Å²) in [4.78, 5) is 13.2. The molecule has 0 spiro atoms. The SMILES string of the molecule is CC1CCC2CC1(C1COOOC1(C13CC(CCC1C)C3(C)C)C13CC(CCC1C)C3(C)C)C2(C)C. The lowest BCUT2D eigenvalue weighted by molar-refractivity contribution is -0.638. The van der Waals surface area contributed by atoms with E-state index in [0.717, 1.165) is 17.8 Å². The van der Waals surface area contributed by atoms with Crippen molar-refractivity contribution in [1.82, 2.24) is 0 Å². The first kappa shape index (κ1) is 24.9. The van der Waals surface area contributed by atoms with E-state index in [1.54, 1.807) is 0 Å². The molecular formula is C33H54O3. The summed E-state index contributed by atoms with van der Waals surface area (Å²) >= 11 is 0. The molecule has 1 saturated heterocycles. The third-order valence-corrected chi connectivity index (χ3v) is 16.6. The zero-order chi connectivity index (χ0) is 25.7. The summed E-state index contributed by atoms with van der Waals surface area (Å²) in [5.74, 6) is 4.87. The number of hydrogen-bond donors (Lipinski definition) is 0. The Morgan fingerprint density at radius 1 is 0.556 bits per heavy atom. The topological polar surface area (TPSA) is 27.7 Å². The molecule has 10 unspecified atom stereocenters. The predicted octanol–water partition coefficient (Wildman–Crippen LogP) is 8.62. The van der Waals surface area contributed by atoms with Crippen LogP contribution in [-0.2, 0) is 14.8 Å². The second kappa shape index (κ2) is 6.95. The van der Waals surface area contributed by atoms with Gasteiger partial charge in [0, 0.05) is 16.7 Å². The Morgan fingerprint density at radius 2 is 1.03 bits per heavy atom. The average molecular weight is 499 g/mol. The zero-order valence-electron chi connectivity index (χ0n) is 24.8. The monoisotopic (exact) mass is 498 g/mol. The van der Waals surface area contributed by atoms with Gasteiger partial charge < -0.3 is 0 Å². The summed E-state index contributed by atoms with van der Waals surface area (Å²) in [5, 5.41) is 5.94. The summed E-state index contributed by atoms with van der Waals surface area (Å²) in [6.45, 7) is 24.2. The lowest BCUT2D eigenvalue weighted by Crippen LogP contribution is -2.88. The maximum Gasteiger partial charge on any atom is 0.125 e. The van der Waals surface area contributed by atoms with Crippen LogP contribution in [0.2, 0.25) is 0 Å². The summed E-state index contributed by atoms with van der Waals surface area (Å²) in [6, 6.07) is 0.